The summed E-state index contributed by atoms with van der Waals surface area (Å²) in [6, 6.07) is 4.31. The van der Waals surface area contributed by atoms with Crippen molar-refractivity contribution in [3.05, 3.63) is 28.8 Å². The quantitative estimate of drug-likeness (QED) is 0.765. The molecule has 2 N–H and O–H groups in total. The number of anilines is 1. The second-order valence-electron chi connectivity index (χ2n) is 7.95. The van der Waals surface area contributed by atoms with Crippen LogP contribution < -0.4 is 10.1 Å². The molecule has 1 atom stereocenters. The van der Waals surface area contributed by atoms with E-state index in [1.807, 2.05) is 7.05 Å². The number of fused-ring (bicyclic) bond motifs is 3. The van der Waals surface area contributed by atoms with E-state index < -0.39 is 0 Å². The molecular weight excluding hydrogens is 338 g/mol. The smallest absolute Gasteiger partial charge is 0.130 e. The van der Waals surface area contributed by atoms with Crippen LogP contribution in [-0.2, 0) is 12.8 Å². The number of ether oxygens (including phenoxy) is 1. The molecule has 5 nitrogen and oxygen atoms in total. The number of aryl methyl sites for hydroxylation is 2. The van der Waals surface area contributed by atoms with Gasteiger partial charge in [-0.05, 0) is 69.3 Å². The van der Waals surface area contributed by atoms with Crippen LogP contribution in [0.4, 0.5) is 5.82 Å². The second-order valence-corrected chi connectivity index (χ2v) is 7.95. The lowest BCUT2D eigenvalue weighted by Gasteiger charge is -2.25. The molecule has 5 heteroatoms. The van der Waals surface area contributed by atoms with E-state index in [4.69, 9.17) is 9.72 Å². The van der Waals surface area contributed by atoms with Crippen LogP contribution in [-0.4, -0.2) is 54.4 Å². The maximum absolute atomic E-state index is 10.1. The van der Waals surface area contributed by atoms with Crippen molar-refractivity contribution in [2.45, 2.75) is 51.6 Å². The molecule has 0 saturated carbocycles. The van der Waals surface area contributed by atoms with Gasteiger partial charge >= 0.3 is 0 Å². The Morgan fingerprint density at radius 3 is 2.85 bits per heavy atom. The maximum atomic E-state index is 10.1. The van der Waals surface area contributed by atoms with Gasteiger partial charge in [0.05, 0.1) is 18.2 Å². The fourth-order valence-corrected chi connectivity index (χ4v) is 4.50. The Balaban J connectivity index is 1.54. The summed E-state index contributed by atoms with van der Waals surface area (Å²) in [6.07, 6.45) is 5.89. The summed E-state index contributed by atoms with van der Waals surface area (Å²) >= 11 is 0. The predicted octanol–water partition coefficient (Wildman–Crippen LogP) is 3.30. The number of hydrogen-bond donors (Lipinski definition) is 2. The third kappa shape index (κ3) is 3.90. The minimum atomic E-state index is -0.261. The average molecular weight is 370 g/mol. The van der Waals surface area contributed by atoms with Crippen LogP contribution in [0.25, 0.3) is 10.9 Å². The molecule has 0 spiro atoms. The summed E-state index contributed by atoms with van der Waals surface area (Å²) < 4.78 is 6.11. The highest BCUT2D eigenvalue weighted by atomic mass is 16.5. The Morgan fingerprint density at radius 2 is 2.07 bits per heavy atom. The first kappa shape index (κ1) is 18.5. The molecule has 0 bridgehead atoms. The van der Waals surface area contributed by atoms with E-state index in [0.717, 1.165) is 55.1 Å². The van der Waals surface area contributed by atoms with Gasteiger partial charge in [-0.15, -0.1) is 0 Å². The first-order chi connectivity index (χ1) is 13.2. The number of nitrogens with zero attached hydrogens (tertiary/aromatic N) is 2. The number of likely N-dealkylation sites (tertiary alicyclic amines) is 1. The molecule has 2 heterocycles. The number of aliphatic hydroxyl groups excluding tert-OH is 1. The predicted molar refractivity (Wildman–Crippen MR) is 110 cm³/mol. The fraction of sp³-hybridized carbons (Fsp3) is 0.591. The van der Waals surface area contributed by atoms with Gasteiger partial charge in [-0.1, -0.05) is 0 Å². The second kappa shape index (κ2) is 8.03. The first-order valence-electron chi connectivity index (χ1n) is 10.3. The minimum Gasteiger partial charge on any atom is -0.493 e. The molecule has 1 aromatic carbocycles. The molecule has 1 aromatic heterocycles. The normalized spacial score (nSPS) is 20.0. The number of rotatable bonds is 6. The summed E-state index contributed by atoms with van der Waals surface area (Å²) in [4.78, 5) is 7.35. The first-order valence-corrected chi connectivity index (χ1v) is 10.3. The van der Waals surface area contributed by atoms with Gasteiger partial charge in [0.15, 0.2) is 0 Å². The van der Waals surface area contributed by atoms with Crippen molar-refractivity contribution in [2.75, 3.05) is 38.6 Å². The molecule has 1 fully saturated rings. The molecule has 27 heavy (non-hydrogen) atoms. The van der Waals surface area contributed by atoms with Gasteiger partial charge in [0.25, 0.3) is 0 Å². The molecule has 146 valence electrons. The highest BCUT2D eigenvalue weighted by Crippen LogP contribution is 2.35. The van der Waals surface area contributed by atoms with Crippen LogP contribution >= 0.6 is 0 Å². The van der Waals surface area contributed by atoms with Crippen LogP contribution in [0, 0.1) is 6.92 Å². The van der Waals surface area contributed by atoms with Gasteiger partial charge in [-0.25, -0.2) is 4.98 Å². The summed E-state index contributed by atoms with van der Waals surface area (Å²) in [5, 5.41) is 14.5. The fourth-order valence-electron chi connectivity index (χ4n) is 4.50. The summed E-state index contributed by atoms with van der Waals surface area (Å²) in [7, 11) is 1.90. The third-order valence-electron chi connectivity index (χ3n) is 5.98. The summed E-state index contributed by atoms with van der Waals surface area (Å²) in [5.41, 5.74) is 4.64. The molecule has 0 radical (unpaired) electrons. The Kier molecular flexibility index (Phi) is 5.50. The van der Waals surface area contributed by atoms with Gasteiger partial charge in [-0.2, -0.15) is 0 Å². The average Bonchev–Trinajstić information content (AvgIpc) is 3.18. The Labute approximate surface area is 161 Å². The van der Waals surface area contributed by atoms with Gasteiger partial charge in [-0.3, -0.25) is 0 Å². The van der Waals surface area contributed by atoms with Crippen molar-refractivity contribution in [2.24, 2.45) is 0 Å². The Bertz CT molecular complexity index is 815. The number of hydrogen-bond acceptors (Lipinski definition) is 5. The van der Waals surface area contributed by atoms with Gasteiger partial charge in [0, 0.05) is 37.0 Å². The number of pyridine rings is 1. The van der Waals surface area contributed by atoms with E-state index in [9.17, 15) is 5.11 Å². The molecule has 4 rings (SSSR count). The number of aromatic nitrogens is 1. The molecule has 2 aliphatic rings. The van der Waals surface area contributed by atoms with Gasteiger partial charge in [0.1, 0.15) is 11.6 Å². The van der Waals surface area contributed by atoms with E-state index in [1.54, 1.807) is 0 Å². The van der Waals surface area contributed by atoms with E-state index in [2.05, 4.69) is 29.3 Å². The lowest BCUT2D eigenvalue weighted by Crippen LogP contribution is -2.22. The summed E-state index contributed by atoms with van der Waals surface area (Å²) in [5.74, 6) is 1.83. The summed E-state index contributed by atoms with van der Waals surface area (Å²) in [6.45, 7) is 6.48. The van der Waals surface area contributed by atoms with Crippen molar-refractivity contribution in [1.29, 1.82) is 0 Å². The lowest BCUT2D eigenvalue weighted by molar-refractivity contribution is 0.159. The monoisotopic (exact) mass is 369 g/mol. The van der Waals surface area contributed by atoms with Crippen LogP contribution in [0.15, 0.2) is 12.1 Å². The van der Waals surface area contributed by atoms with E-state index >= 15 is 0 Å². The molecule has 1 aliphatic heterocycles. The number of nitrogens with one attached hydrogen (secondary N) is 1. The minimum absolute atomic E-state index is 0.261. The number of benzene rings is 1. The zero-order valence-electron chi connectivity index (χ0n) is 16.6. The van der Waals surface area contributed by atoms with Crippen LogP contribution in [0.1, 0.15) is 42.4 Å². The molecule has 2 aromatic rings. The zero-order valence-corrected chi connectivity index (χ0v) is 16.6. The van der Waals surface area contributed by atoms with E-state index in [1.165, 1.54) is 42.4 Å². The van der Waals surface area contributed by atoms with Crippen molar-refractivity contribution < 1.29 is 9.84 Å². The van der Waals surface area contributed by atoms with E-state index in [-0.39, 0.29) is 6.10 Å². The Hall–Kier alpha value is -1.85. The third-order valence-corrected chi connectivity index (χ3v) is 5.98. The molecule has 1 aliphatic carbocycles. The molecular formula is C22H31N3O2. The molecule has 1 saturated heterocycles. The van der Waals surface area contributed by atoms with Crippen LogP contribution in [0.3, 0.4) is 0 Å². The lowest BCUT2D eigenvalue weighted by atomic mass is 9.87. The van der Waals surface area contributed by atoms with Crippen molar-refractivity contribution in [1.82, 2.24) is 9.88 Å². The topological polar surface area (TPSA) is 57.6 Å². The van der Waals surface area contributed by atoms with E-state index in [0.29, 0.717) is 6.42 Å². The van der Waals surface area contributed by atoms with Crippen LogP contribution in [0.2, 0.25) is 0 Å². The van der Waals surface area contributed by atoms with Gasteiger partial charge < -0.3 is 20.1 Å². The van der Waals surface area contributed by atoms with Crippen molar-refractivity contribution in [3.8, 4) is 5.75 Å². The zero-order chi connectivity index (χ0) is 18.8. The standard InChI is InChI=1S/C22H31N3O2/c1-15-12-18-17-7-6-16(26)13-19(17)22(23-2)24-20(18)14-21(15)27-11-5-10-25-8-3-4-9-25/h12,14,16,26H,3-11,13H2,1-2H3,(H,23,24). The van der Waals surface area contributed by atoms with Gasteiger partial charge in [0.2, 0.25) is 0 Å². The highest BCUT2D eigenvalue weighted by molar-refractivity contribution is 5.88. The molecule has 0 amide bonds. The number of aliphatic hydroxyl groups is 1. The SMILES string of the molecule is CNc1nc2cc(OCCCN3CCCC3)c(C)cc2c2c1CC(O)CC2. The van der Waals surface area contributed by atoms with Crippen molar-refractivity contribution in [3.63, 3.8) is 0 Å². The van der Waals surface area contributed by atoms with Crippen molar-refractivity contribution >= 4 is 16.7 Å². The Morgan fingerprint density at radius 1 is 1.26 bits per heavy atom. The highest BCUT2D eigenvalue weighted by Gasteiger charge is 2.23. The van der Waals surface area contributed by atoms with Crippen LogP contribution in [0.5, 0.6) is 5.75 Å². The molecule has 1 unspecified atom stereocenters. The maximum Gasteiger partial charge on any atom is 0.130 e. The largest absolute Gasteiger partial charge is 0.493 e.